The molecule has 10 heteroatoms. The van der Waals surface area contributed by atoms with Crippen LogP contribution >= 0.6 is 46.4 Å². The Bertz CT molecular complexity index is 1640. The third-order valence-electron chi connectivity index (χ3n) is 11.8. The lowest BCUT2D eigenvalue weighted by atomic mass is 9.55. The van der Waals surface area contributed by atoms with E-state index >= 15 is 0 Å². The first-order chi connectivity index (χ1) is 25.3. The molecule has 0 bridgehead atoms. The lowest BCUT2D eigenvalue weighted by Gasteiger charge is -2.50. The number of carbonyl (C=O) groups is 2. The molecule has 6 rings (SSSR count). The fraction of sp³-hybridized carbons (Fsp3) is 0.524. The van der Waals surface area contributed by atoms with Crippen molar-refractivity contribution in [3.63, 3.8) is 0 Å². The van der Waals surface area contributed by atoms with Gasteiger partial charge in [0, 0.05) is 66.5 Å². The van der Waals surface area contributed by atoms with Gasteiger partial charge in [-0.3, -0.25) is 9.59 Å². The average molecular weight is 789 g/mol. The molecule has 3 aliphatic carbocycles. The van der Waals surface area contributed by atoms with Gasteiger partial charge in [-0.05, 0) is 115 Å². The van der Waals surface area contributed by atoms with Gasteiger partial charge in [0.15, 0.2) is 0 Å². The van der Waals surface area contributed by atoms with Crippen LogP contribution in [0.25, 0.3) is 0 Å². The number of nitrogens with zero attached hydrogens (tertiary/aromatic N) is 2. The van der Waals surface area contributed by atoms with Crippen molar-refractivity contribution in [1.29, 1.82) is 0 Å². The van der Waals surface area contributed by atoms with Crippen LogP contribution in [0, 0.1) is 17.3 Å². The number of rotatable bonds is 16. The van der Waals surface area contributed by atoms with E-state index in [2.05, 4.69) is 28.9 Å². The quantitative estimate of drug-likeness (QED) is 0.0820. The molecule has 2 saturated carbocycles. The van der Waals surface area contributed by atoms with E-state index in [0.29, 0.717) is 60.1 Å². The van der Waals surface area contributed by atoms with Crippen molar-refractivity contribution in [2.24, 2.45) is 17.3 Å². The second-order valence-electron chi connectivity index (χ2n) is 14.8. The Morgan fingerprint density at radius 1 is 0.712 bits per heavy atom. The van der Waals surface area contributed by atoms with E-state index in [1.54, 1.807) is 0 Å². The monoisotopic (exact) mass is 786 g/mol. The zero-order valence-electron chi connectivity index (χ0n) is 30.0. The number of alkyl halides is 4. The highest BCUT2D eigenvalue weighted by Crippen LogP contribution is 2.61. The van der Waals surface area contributed by atoms with Gasteiger partial charge in [0.05, 0.1) is 12.8 Å². The zero-order chi connectivity index (χ0) is 36.7. The Kier molecular flexibility index (Phi) is 13.6. The molecule has 0 aromatic heterocycles. The first kappa shape index (κ1) is 39.1. The van der Waals surface area contributed by atoms with Crippen molar-refractivity contribution >= 4 is 69.7 Å². The number of benzene rings is 3. The summed E-state index contributed by atoms with van der Waals surface area (Å²) in [5, 5.41) is 0. The van der Waals surface area contributed by atoms with Gasteiger partial charge in [-0.2, -0.15) is 0 Å². The van der Waals surface area contributed by atoms with Gasteiger partial charge < -0.3 is 19.3 Å². The first-order valence-corrected chi connectivity index (χ1v) is 20.8. The van der Waals surface area contributed by atoms with E-state index in [1.165, 1.54) is 11.1 Å². The summed E-state index contributed by atoms with van der Waals surface area (Å²) in [6.45, 7) is 5.24. The lowest BCUT2D eigenvalue weighted by Crippen LogP contribution is -2.45. The number of halogens is 4. The second-order valence-corrected chi connectivity index (χ2v) is 16.3. The van der Waals surface area contributed by atoms with E-state index < -0.39 is 0 Å². The molecule has 6 nitrogen and oxygen atoms in total. The van der Waals surface area contributed by atoms with Crippen molar-refractivity contribution in [2.45, 2.75) is 70.3 Å². The summed E-state index contributed by atoms with van der Waals surface area (Å²) in [5.41, 5.74) is 6.62. The Morgan fingerprint density at radius 3 is 1.83 bits per heavy atom. The SMILES string of the molecule is C[C@]12CC[C@@H]3c4ccc(OC(=O)Cc5ccc(N(CCCl)CCCl)cc5)cc4CC[C@@H]3[C@@H]1CC[C@@H]2OC(=O)Cc1ccc(N(CCCl)CCCl)cc1. The molecule has 280 valence electrons. The fourth-order valence-electron chi connectivity index (χ4n) is 9.27. The van der Waals surface area contributed by atoms with Crippen LogP contribution in [-0.4, -0.2) is 67.7 Å². The number of esters is 2. The van der Waals surface area contributed by atoms with Crippen LogP contribution in [0.4, 0.5) is 11.4 Å². The van der Waals surface area contributed by atoms with Crippen LogP contribution in [-0.2, 0) is 33.6 Å². The van der Waals surface area contributed by atoms with Gasteiger partial charge >= 0.3 is 11.9 Å². The Labute approximate surface area is 329 Å². The van der Waals surface area contributed by atoms with Crippen LogP contribution in [0.2, 0.25) is 0 Å². The van der Waals surface area contributed by atoms with Crippen LogP contribution in [0.15, 0.2) is 66.7 Å². The van der Waals surface area contributed by atoms with E-state index in [9.17, 15) is 9.59 Å². The predicted octanol–water partition coefficient (Wildman–Crippen LogP) is 9.41. The largest absolute Gasteiger partial charge is 0.462 e. The minimum Gasteiger partial charge on any atom is -0.462 e. The summed E-state index contributed by atoms with van der Waals surface area (Å²) in [4.78, 5) is 30.5. The summed E-state index contributed by atoms with van der Waals surface area (Å²) in [6, 6.07) is 22.2. The first-order valence-electron chi connectivity index (χ1n) is 18.7. The summed E-state index contributed by atoms with van der Waals surface area (Å²) in [5.74, 6) is 3.86. The van der Waals surface area contributed by atoms with Crippen LogP contribution in [0.5, 0.6) is 5.75 Å². The molecule has 0 heterocycles. The molecule has 2 fully saturated rings. The number of hydrogen-bond acceptors (Lipinski definition) is 6. The number of fused-ring (bicyclic) bond motifs is 5. The van der Waals surface area contributed by atoms with Crippen LogP contribution in [0.1, 0.15) is 67.2 Å². The van der Waals surface area contributed by atoms with E-state index in [4.69, 9.17) is 55.9 Å². The number of ether oxygens (including phenoxy) is 2. The normalized spacial score (nSPS) is 23.2. The molecule has 0 radical (unpaired) electrons. The Morgan fingerprint density at radius 2 is 1.27 bits per heavy atom. The van der Waals surface area contributed by atoms with Gasteiger partial charge in [0.25, 0.3) is 0 Å². The minimum absolute atomic E-state index is 0.0119. The number of anilines is 2. The highest BCUT2D eigenvalue weighted by Gasteiger charge is 2.56. The van der Waals surface area contributed by atoms with Crippen molar-refractivity contribution in [1.82, 2.24) is 0 Å². The predicted molar refractivity (Wildman–Crippen MR) is 214 cm³/mol. The van der Waals surface area contributed by atoms with E-state index in [1.807, 2.05) is 54.6 Å². The third-order valence-corrected chi connectivity index (χ3v) is 12.5. The molecule has 52 heavy (non-hydrogen) atoms. The van der Waals surface area contributed by atoms with Crippen LogP contribution in [0.3, 0.4) is 0 Å². The Hall–Kier alpha value is -2.64. The second kappa shape index (κ2) is 18.1. The van der Waals surface area contributed by atoms with Gasteiger partial charge in [0.2, 0.25) is 0 Å². The molecule has 3 aromatic rings. The molecule has 5 atom stereocenters. The maximum absolute atomic E-state index is 13.2. The highest BCUT2D eigenvalue weighted by atomic mass is 35.5. The molecule has 0 N–H and O–H groups in total. The van der Waals surface area contributed by atoms with Crippen molar-refractivity contribution in [2.75, 3.05) is 59.5 Å². The standard InChI is InChI=1S/C42H50Cl4N2O4/c1-42-17-16-36-35-13-11-34(51-40(49)26-29-2-7-32(8-3-29)47(22-18-43)23-19-44)28-31(35)6-12-37(36)38(42)14-15-39(42)52-41(50)27-30-4-9-33(10-5-30)48(24-20-45)25-21-46/h2-5,7-11,13,28,36-39H,6,12,14-27H2,1H3/t36-,37+,38+,39+,42+/m1/s1. The molecular formula is C42H50Cl4N2O4. The molecule has 3 aliphatic rings. The maximum atomic E-state index is 13.2. The van der Waals surface area contributed by atoms with E-state index in [-0.39, 0.29) is 36.3 Å². The molecule has 3 aromatic carbocycles. The van der Waals surface area contributed by atoms with E-state index in [0.717, 1.165) is 74.1 Å². The zero-order valence-corrected chi connectivity index (χ0v) is 33.0. The summed E-state index contributed by atoms with van der Waals surface area (Å²) >= 11 is 23.9. The lowest BCUT2D eigenvalue weighted by molar-refractivity contribution is -0.156. The minimum atomic E-state index is -0.270. The van der Waals surface area contributed by atoms with Crippen molar-refractivity contribution in [3.8, 4) is 5.75 Å². The molecule has 0 saturated heterocycles. The molecule has 0 amide bonds. The van der Waals surface area contributed by atoms with Gasteiger partial charge in [-0.1, -0.05) is 37.3 Å². The summed E-state index contributed by atoms with van der Waals surface area (Å²) in [7, 11) is 0. The van der Waals surface area contributed by atoms with Gasteiger partial charge in [-0.25, -0.2) is 0 Å². The van der Waals surface area contributed by atoms with Crippen molar-refractivity contribution < 1.29 is 19.1 Å². The van der Waals surface area contributed by atoms with Gasteiger partial charge in [0.1, 0.15) is 11.9 Å². The summed E-state index contributed by atoms with van der Waals surface area (Å²) < 4.78 is 12.1. The Balaban J connectivity index is 1.03. The maximum Gasteiger partial charge on any atom is 0.315 e. The number of carbonyl (C=O) groups excluding carboxylic acids is 2. The smallest absolute Gasteiger partial charge is 0.315 e. The highest BCUT2D eigenvalue weighted by molar-refractivity contribution is 6.19. The van der Waals surface area contributed by atoms with Gasteiger partial charge in [-0.15, -0.1) is 46.4 Å². The van der Waals surface area contributed by atoms with Crippen LogP contribution < -0.4 is 14.5 Å². The molecular weight excluding hydrogens is 738 g/mol. The number of aryl methyl sites for hydroxylation is 1. The fourth-order valence-corrected chi connectivity index (χ4v) is 10.1. The molecule has 0 aliphatic heterocycles. The third kappa shape index (κ3) is 9.00. The number of hydrogen-bond donors (Lipinski definition) is 0. The molecule has 0 spiro atoms. The molecule has 0 unspecified atom stereocenters. The topological polar surface area (TPSA) is 59.1 Å². The average Bonchev–Trinajstić information content (AvgIpc) is 3.47. The summed E-state index contributed by atoms with van der Waals surface area (Å²) in [6.07, 6.45) is 6.60. The van der Waals surface area contributed by atoms with Crippen molar-refractivity contribution in [3.05, 3.63) is 89.0 Å².